The van der Waals surface area contributed by atoms with Crippen LogP contribution in [-0.4, -0.2) is 10.1 Å². The molecule has 106 valence electrons. The third-order valence-corrected chi connectivity index (χ3v) is 3.08. The summed E-state index contributed by atoms with van der Waals surface area (Å²) in [6, 6.07) is 12.9. The van der Waals surface area contributed by atoms with Crippen LogP contribution in [0.4, 0.5) is 4.39 Å². The van der Waals surface area contributed by atoms with Gasteiger partial charge in [-0.1, -0.05) is 28.9 Å². The normalized spacial score (nSPS) is 10.6. The highest BCUT2D eigenvalue weighted by Gasteiger charge is 2.12. The molecule has 3 aromatic rings. The zero-order valence-corrected chi connectivity index (χ0v) is 11.5. The molecule has 0 aliphatic rings. The third-order valence-electron chi connectivity index (χ3n) is 2.75. The van der Waals surface area contributed by atoms with Crippen LogP contribution in [0.3, 0.4) is 0 Å². The third kappa shape index (κ3) is 3.20. The first-order valence-corrected chi connectivity index (χ1v) is 6.56. The van der Waals surface area contributed by atoms with E-state index in [-0.39, 0.29) is 12.4 Å². The molecule has 0 amide bonds. The molecule has 0 aliphatic carbocycles. The first kappa shape index (κ1) is 13.6. The van der Waals surface area contributed by atoms with E-state index in [0.717, 1.165) is 0 Å². The molecule has 4 nitrogen and oxygen atoms in total. The first-order chi connectivity index (χ1) is 10.2. The van der Waals surface area contributed by atoms with E-state index in [1.54, 1.807) is 12.1 Å². The number of benzene rings is 2. The lowest BCUT2D eigenvalue weighted by Crippen LogP contribution is -1.97. The maximum atomic E-state index is 12.8. The van der Waals surface area contributed by atoms with E-state index in [1.165, 1.54) is 24.3 Å². The second-order valence-electron chi connectivity index (χ2n) is 4.24. The topological polar surface area (TPSA) is 48.2 Å². The van der Waals surface area contributed by atoms with Crippen LogP contribution >= 0.6 is 11.6 Å². The maximum Gasteiger partial charge on any atom is 0.259 e. The van der Waals surface area contributed by atoms with E-state index in [4.69, 9.17) is 20.9 Å². The van der Waals surface area contributed by atoms with Gasteiger partial charge in [-0.3, -0.25) is 0 Å². The minimum Gasteiger partial charge on any atom is -0.485 e. The Hall–Kier alpha value is -2.40. The Morgan fingerprint density at radius 3 is 2.62 bits per heavy atom. The van der Waals surface area contributed by atoms with E-state index in [9.17, 15) is 4.39 Å². The van der Waals surface area contributed by atoms with Gasteiger partial charge in [-0.15, -0.1) is 0 Å². The van der Waals surface area contributed by atoms with Crippen molar-refractivity contribution in [3.05, 3.63) is 65.2 Å². The van der Waals surface area contributed by atoms with Gasteiger partial charge in [0.2, 0.25) is 5.82 Å². The van der Waals surface area contributed by atoms with Gasteiger partial charge in [-0.05, 0) is 36.4 Å². The van der Waals surface area contributed by atoms with Gasteiger partial charge in [0.1, 0.15) is 11.6 Å². The molecule has 0 unspecified atom stereocenters. The Morgan fingerprint density at radius 1 is 1.10 bits per heavy atom. The fraction of sp³-hybridized carbons (Fsp3) is 0.0667. The minimum atomic E-state index is -0.317. The van der Waals surface area contributed by atoms with Crippen LogP contribution in [0, 0.1) is 5.82 Å². The first-order valence-electron chi connectivity index (χ1n) is 6.18. The highest BCUT2D eigenvalue weighted by atomic mass is 35.5. The van der Waals surface area contributed by atoms with Crippen LogP contribution in [0.2, 0.25) is 5.02 Å². The van der Waals surface area contributed by atoms with Crippen molar-refractivity contribution in [2.75, 3.05) is 0 Å². The highest BCUT2D eigenvalue weighted by Crippen LogP contribution is 2.26. The van der Waals surface area contributed by atoms with E-state index >= 15 is 0 Å². The number of hydrogen-bond acceptors (Lipinski definition) is 4. The van der Waals surface area contributed by atoms with Crippen LogP contribution in [0.5, 0.6) is 5.75 Å². The van der Waals surface area contributed by atoms with E-state index < -0.39 is 0 Å². The lowest BCUT2D eigenvalue weighted by Gasteiger charge is -2.02. The molecule has 1 aromatic heterocycles. The molecule has 0 saturated heterocycles. The van der Waals surface area contributed by atoms with Gasteiger partial charge in [-0.25, -0.2) is 4.39 Å². The van der Waals surface area contributed by atoms with Crippen LogP contribution in [0.15, 0.2) is 53.1 Å². The average Bonchev–Trinajstić information content (AvgIpc) is 2.96. The fourth-order valence-electron chi connectivity index (χ4n) is 1.74. The summed E-state index contributed by atoms with van der Waals surface area (Å²) < 4.78 is 23.4. The molecule has 0 spiro atoms. The lowest BCUT2D eigenvalue weighted by molar-refractivity contribution is 0.286. The quantitative estimate of drug-likeness (QED) is 0.728. The van der Waals surface area contributed by atoms with E-state index in [0.29, 0.717) is 28.1 Å². The molecule has 0 aliphatic heterocycles. The lowest BCUT2D eigenvalue weighted by atomic mass is 10.2. The molecule has 1 heterocycles. The number of ether oxygens (including phenoxy) is 1. The fourth-order valence-corrected chi connectivity index (χ4v) is 1.95. The van der Waals surface area contributed by atoms with Crippen molar-refractivity contribution < 1.29 is 13.7 Å². The zero-order valence-electron chi connectivity index (χ0n) is 10.8. The average molecular weight is 305 g/mol. The minimum absolute atomic E-state index is 0.125. The van der Waals surface area contributed by atoms with Gasteiger partial charge in [0.15, 0.2) is 6.61 Å². The van der Waals surface area contributed by atoms with Gasteiger partial charge in [0.05, 0.1) is 10.6 Å². The van der Waals surface area contributed by atoms with Crippen molar-refractivity contribution in [2.45, 2.75) is 6.61 Å². The maximum absolute atomic E-state index is 12.8. The van der Waals surface area contributed by atoms with Crippen LogP contribution in [0.25, 0.3) is 11.5 Å². The van der Waals surface area contributed by atoms with Gasteiger partial charge >= 0.3 is 0 Å². The van der Waals surface area contributed by atoms with Crippen molar-refractivity contribution in [1.29, 1.82) is 0 Å². The molecular weight excluding hydrogens is 295 g/mol. The molecule has 21 heavy (non-hydrogen) atoms. The Kier molecular flexibility index (Phi) is 3.83. The summed E-state index contributed by atoms with van der Waals surface area (Å²) in [4.78, 5) is 4.21. The molecule has 0 saturated carbocycles. The standard InChI is InChI=1S/C15H10ClFN2O2/c16-13-4-2-1-3-12(13)15-18-14(19-21-15)9-20-11-7-5-10(17)6-8-11/h1-8H,9H2. The number of hydrogen-bond donors (Lipinski definition) is 0. The SMILES string of the molecule is Fc1ccc(OCc2noc(-c3ccccc3Cl)n2)cc1. The molecule has 0 fully saturated rings. The van der Waals surface area contributed by atoms with Crippen LogP contribution in [0.1, 0.15) is 5.82 Å². The second-order valence-corrected chi connectivity index (χ2v) is 4.65. The van der Waals surface area contributed by atoms with Crippen molar-refractivity contribution in [2.24, 2.45) is 0 Å². The monoisotopic (exact) mass is 304 g/mol. The van der Waals surface area contributed by atoms with E-state index in [1.807, 2.05) is 12.1 Å². The van der Waals surface area contributed by atoms with Crippen molar-refractivity contribution in [3.63, 3.8) is 0 Å². The summed E-state index contributed by atoms with van der Waals surface area (Å²) in [6.45, 7) is 0.125. The molecule has 3 rings (SSSR count). The number of nitrogens with zero attached hydrogens (tertiary/aromatic N) is 2. The molecule has 0 radical (unpaired) electrons. The number of halogens is 2. The summed E-state index contributed by atoms with van der Waals surface area (Å²) in [5, 5.41) is 4.36. The van der Waals surface area contributed by atoms with Gasteiger partial charge < -0.3 is 9.26 Å². The predicted molar refractivity (Wildman–Crippen MR) is 75.5 cm³/mol. The molecule has 6 heteroatoms. The molecule has 0 N–H and O–H groups in total. The number of aromatic nitrogens is 2. The van der Waals surface area contributed by atoms with Crippen LogP contribution < -0.4 is 4.74 Å². The summed E-state index contributed by atoms with van der Waals surface area (Å²) in [7, 11) is 0. The second kappa shape index (κ2) is 5.93. The summed E-state index contributed by atoms with van der Waals surface area (Å²) in [5.74, 6) is 0.927. The highest BCUT2D eigenvalue weighted by molar-refractivity contribution is 6.33. The summed E-state index contributed by atoms with van der Waals surface area (Å²) >= 11 is 6.06. The Labute approximate surface area is 125 Å². The molecule has 0 bridgehead atoms. The van der Waals surface area contributed by atoms with Gasteiger partial charge in [0, 0.05) is 0 Å². The molecule has 0 atom stereocenters. The predicted octanol–water partition coefficient (Wildman–Crippen LogP) is 4.11. The summed E-state index contributed by atoms with van der Waals surface area (Å²) in [5.41, 5.74) is 0.666. The summed E-state index contributed by atoms with van der Waals surface area (Å²) in [6.07, 6.45) is 0. The Balaban J connectivity index is 1.71. The van der Waals surface area contributed by atoms with Crippen molar-refractivity contribution in [3.8, 4) is 17.2 Å². The van der Waals surface area contributed by atoms with E-state index in [2.05, 4.69) is 10.1 Å². The molecule has 2 aromatic carbocycles. The van der Waals surface area contributed by atoms with Gasteiger partial charge in [0.25, 0.3) is 5.89 Å². The Morgan fingerprint density at radius 2 is 1.86 bits per heavy atom. The van der Waals surface area contributed by atoms with Crippen molar-refractivity contribution in [1.82, 2.24) is 10.1 Å². The number of rotatable bonds is 4. The van der Waals surface area contributed by atoms with Crippen molar-refractivity contribution >= 4 is 11.6 Å². The largest absolute Gasteiger partial charge is 0.485 e. The smallest absolute Gasteiger partial charge is 0.259 e. The van der Waals surface area contributed by atoms with Crippen LogP contribution in [-0.2, 0) is 6.61 Å². The van der Waals surface area contributed by atoms with Gasteiger partial charge in [-0.2, -0.15) is 4.98 Å². The zero-order chi connectivity index (χ0) is 14.7. The molecular formula is C15H10ClFN2O2. The Bertz CT molecular complexity index is 743.